The molecule has 1 atom stereocenters. The number of rotatable bonds is 6. The van der Waals surface area contributed by atoms with E-state index in [1.54, 1.807) is 7.11 Å². The van der Waals surface area contributed by atoms with Gasteiger partial charge in [-0.3, -0.25) is 0 Å². The van der Waals surface area contributed by atoms with Crippen LogP contribution in [0, 0.1) is 0 Å². The van der Waals surface area contributed by atoms with Gasteiger partial charge in [-0.2, -0.15) is 0 Å². The first-order chi connectivity index (χ1) is 9.28. The van der Waals surface area contributed by atoms with Crippen molar-refractivity contribution in [2.24, 2.45) is 0 Å². The second-order valence-corrected chi connectivity index (χ2v) is 4.27. The first-order valence-corrected chi connectivity index (χ1v) is 6.39. The van der Waals surface area contributed by atoms with E-state index in [0.29, 0.717) is 18.2 Å². The molecule has 0 amide bonds. The average Bonchev–Trinajstić information content (AvgIpc) is 2.89. The van der Waals surface area contributed by atoms with Crippen molar-refractivity contribution >= 4 is 0 Å². The van der Waals surface area contributed by atoms with Crippen LogP contribution in [0.5, 0.6) is 5.75 Å². The Balaban J connectivity index is 2.15. The SMILES string of the molecule is CCC(NC)c1nnc(Cc2ccccc2OC)o1. The molecule has 1 N–H and O–H groups in total. The maximum atomic E-state index is 5.69. The number of nitrogens with zero attached hydrogens (tertiary/aromatic N) is 2. The summed E-state index contributed by atoms with van der Waals surface area (Å²) in [6.07, 6.45) is 1.49. The van der Waals surface area contributed by atoms with Crippen molar-refractivity contribution in [2.75, 3.05) is 14.2 Å². The van der Waals surface area contributed by atoms with Crippen molar-refractivity contribution in [3.05, 3.63) is 41.6 Å². The summed E-state index contributed by atoms with van der Waals surface area (Å²) in [5.41, 5.74) is 1.04. The molecule has 2 aromatic rings. The number of aromatic nitrogens is 2. The summed E-state index contributed by atoms with van der Waals surface area (Å²) >= 11 is 0. The van der Waals surface area contributed by atoms with Crippen LogP contribution in [-0.4, -0.2) is 24.4 Å². The average molecular weight is 261 g/mol. The van der Waals surface area contributed by atoms with E-state index in [9.17, 15) is 0 Å². The molecule has 1 aromatic heterocycles. The highest BCUT2D eigenvalue weighted by Gasteiger charge is 2.15. The molecule has 0 saturated carbocycles. The Hall–Kier alpha value is -1.88. The standard InChI is InChI=1S/C14H19N3O2/c1-4-11(15-2)14-17-16-13(19-14)9-10-7-5-6-8-12(10)18-3/h5-8,11,15H,4,9H2,1-3H3. The van der Waals surface area contributed by atoms with Crippen LogP contribution in [0.15, 0.2) is 28.7 Å². The van der Waals surface area contributed by atoms with E-state index in [0.717, 1.165) is 17.7 Å². The highest BCUT2D eigenvalue weighted by molar-refractivity contribution is 5.34. The highest BCUT2D eigenvalue weighted by Crippen LogP contribution is 2.21. The monoisotopic (exact) mass is 261 g/mol. The third-order valence-electron chi connectivity index (χ3n) is 3.07. The summed E-state index contributed by atoms with van der Waals surface area (Å²) in [6.45, 7) is 2.07. The molecule has 0 aliphatic heterocycles. The quantitative estimate of drug-likeness (QED) is 0.864. The Morgan fingerprint density at radius 1 is 1.32 bits per heavy atom. The second kappa shape index (κ2) is 6.33. The predicted molar refractivity (Wildman–Crippen MR) is 72.2 cm³/mol. The minimum absolute atomic E-state index is 0.110. The minimum atomic E-state index is 0.110. The van der Waals surface area contributed by atoms with Crippen LogP contribution in [0.1, 0.15) is 36.7 Å². The number of ether oxygens (including phenoxy) is 1. The summed E-state index contributed by atoms with van der Waals surface area (Å²) in [6, 6.07) is 7.94. The van der Waals surface area contributed by atoms with Gasteiger partial charge in [-0.25, -0.2) is 0 Å². The second-order valence-electron chi connectivity index (χ2n) is 4.27. The molecule has 0 bridgehead atoms. The molecule has 0 aliphatic rings. The van der Waals surface area contributed by atoms with Gasteiger partial charge >= 0.3 is 0 Å². The zero-order valence-electron chi connectivity index (χ0n) is 11.5. The Kier molecular flexibility index (Phi) is 4.52. The van der Waals surface area contributed by atoms with Gasteiger partial charge in [-0.15, -0.1) is 10.2 Å². The van der Waals surface area contributed by atoms with Gasteiger partial charge < -0.3 is 14.5 Å². The fraction of sp³-hybridized carbons (Fsp3) is 0.429. The molecule has 102 valence electrons. The predicted octanol–water partition coefficient (Wildman–Crippen LogP) is 2.34. The van der Waals surface area contributed by atoms with Crippen molar-refractivity contribution in [2.45, 2.75) is 25.8 Å². The first kappa shape index (κ1) is 13.5. The van der Waals surface area contributed by atoms with Gasteiger partial charge in [0.05, 0.1) is 19.6 Å². The normalized spacial score (nSPS) is 12.4. The molecule has 0 saturated heterocycles. The maximum Gasteiger partial charge on any atom is 0.233 e. The van der Waals surface area contributed by atoms with E-state index in [4.69, 9.17) is 9.15 Å². The van der Waals surface area contributed by atoms with Gasteiger partial charge in [0.1, 0.15) is 5.75 Å². The number of hydrogen-bond donors (Lipinski definition) is 1. The summed E-state index contributed by atoms with van der Waals surface area (Å²) < 4.78 is 11.0. The van der Waals surface area contributed by atoms with Crippen molar-refractivity contribution < 1.29 is 9.15 Å². The van der Waals surface area contributed by atoms with Crippen LogP contribution < -0.4 is 10.1 Å². The number of nitrogens with one attached hydrogen (secondary N) is 1. The van der Waals surface area contributed by atoms with E-state index in [2.05, 4.69) is 22.4 Å². The number of para-hydroxylation sites is 1. The molecular formula is C14H19N3O2. The number of benzene rings is 1. The smallest absolute Gasteiger partial charge is 0.233 e. The van der Waals surface area contributed by atoms with E-state index in [-0.39, 0.29) is 6.04 Å². The van der Waals surface area contributed by atoms with Gasteiger partial charge in [0.25, 0.3) is 0 Å². The zero-order chi connectivity index (χ0) is 13.7. The van der Waals surface area contributed by atoms with Crippen molar-refractivity contribution in [3.8, 4) is 5.75 Å². The molecule has 2 rings (SSSR count). The zero-order valence-corrected chi connectivity index (χ0v) is 11.5. The summed E-state index contributed by atoms with van der Waals surface area (Å²) in [4.78, 5) is 0. The van der Waals surface area contributed by atoms with Crippen LogP contribution in [0.25, 0.3) is 0 Å². The molecule has 5 nitrogen and oxygen atoms in total. The van der Waals surface area contributed by atoms with Gasteiger partial charge in [0, 0.05) is 5.56 Å². The molecule has 0 aliphatic carbocycles. The number of hydrogen-bond acceptors (Lipinski definition) is 5. The van der Waals surface area contributed by atoms with E-state index >= 15 is 0 Å². The maximum absolute atomic E-state index is 5.69. The highest BCUT2D eigenvalue weighted by atomic mass is 16.5. The van der Waals surface area contributed by atoms with E-state index < -0.39 is 0 Å². The first-order valence-electron chi connectivity index (χ1n) is 6.39. The molecule has 0 radical (unpaired) electrons. The van der Waals surface area contributed by atoms with Crippen LogP contribution >= 0.6 is 0 Å². The number of methoxy groups -OCH3 is 1. The van der Waals surface area contributed by atoms with E-state index in [1.807, 2.05) is 31.3 Å². The Bertz CT molecular complexity index is 521. The van der Waals surface area contributed by atoms with Crippen LogP contribution in [0.4, 0.5) is 0 Å². The lowest BCUT2D eigenvalue weighted by molar-refractivity contribution is 0.385. The largest absolute Gasteiger partial charge is 0.496 e. The fourth-order valence-corrected chi connectivity index (χ4v) is 1.99. The summed E-state index contributed by atoms with van der Waals surface area (Å²) in [7, 11) is 3.55. The van der Waals surface area contributed by atoms with Gasteiger partial charge in [0.2, 0.25) is 11.8 Å². The third-order valence-corrected chi connectivity index (χ3v) is 3.07. The van der Waals surface area contributed by atoms with Crippen molar-refractivity contribution in [1.82, 2.24) is 15.5 Å². The Labute approximate surface area is 113 Å². The van der Waals surface area contributed by atoms with Crippen molar-refractivity contribution in [1.29, 1.82) is 0 Å². The lowest BCUT2D eigenvalue weighted by Gasteiger charge is -2.07. The Morgan fingerprint density at radius 3 is 2.79 bits per heavy atom. The lowest BCUT2D eigenvalue weighted by Crippen LogP contribution is -2.15. The molecule has 5 heteroatoms. The van der Waals surface area contributed by atoms with Gasteiger partial charge in [-0.1, -0.05) is 25.1 Å². The molecule has 0 fully saturated rings. The Morgan fingerprint density at radius 2 is 2.11 bits per heavy atom. The molecule has 1 heterocycles. The minimum Gasteiger partial charge on any atom is -0.496 e. The van der Waals surface area contributed by atoms with Gasteiger partial charge in [-0.05, 0) is 19.5 Å². The summed E-state index contributed by atoms with van der Waals surface area (Å²) in [5, 5.41) is 11.3. The molecule has 19 heavy (non-hydrogen) atoms. The van der Waals surface area contributed by atoms with Crippen LogP contribution in [0.2, 0.25) is 0 Å². The molecule has 0 spiro atoms. The molecular weight excluding hydrogens is 242 g/mol. The molecule has 1 aromatic carbocycles. The molecule has 1 unspecified atom stereocenters. The van der Waals surface area contributed by atoms with E-state index in [1.165, 1.54) is 0 Å². The fourth-order valence-electron chi connectivity index (χ4n) is 1.99. The third kappa shape index (κ3) is 3.12. The summed E-state index contributed by atoms with van der Waals surface area (Å²) in [5.74, 6) is 2.08. The lowest BCUT2D eigenvalue weighted by atomic mass is 10.1. The van der Waals surface area contributed by atoms with Gasteiger partial charge in [0.15, 0.2) is 0 Å². The van der Waals surface area contributed by atoms with Crippen molar-refractivity contribution in [3.63, 3.8) is 0 Å². The van der Waals surface area contributed by atoms with Crippen LogP contribution in [0.3, 0.4) is 0 Å². The van der Waals surface area contributed by atoms with Crippen LogP contribution in [-0.2, 0) is 6.42 Å². The topological polar surface area (TPSA) is 60.2 Å².